The highest BCUT2D eigenvalue weighted by Crippen LogP contribution is 2.52. The predicted octanol–water partition coefficient (Wildman–Crippen LogP) is -0.237. The van der Waals surface area contributed by atoms with E-state index >= 15 is 0 Å². The number of unbranched alkanes of at least 4 members (excludes halogenated alkanes) is 1. The molecule has 1 aliphatic heterocycles. The number of aliphatic hydroxyl groups is 3. The fourth-order valence-electron chi connectivity index (χ4n) is 10.8. The highest BCUT2D eigenvalue weighted by atomic mass is 32.2. The normalized spacial score (nSPS) is 20.1. The molecule has 1 fully saturated rings. The zero-order chi connectivity index (χ0) is 69.3. The number of aromatic hydroxyl groups is 2. The SMILES string of the molecule is COc1cccc2c1C(=O)c1c(O)c3c(c(O)c1C2=O)C[C@@](O)(C(=O)CO)C[C@@H]3OC1CC(NC(=O)OCc2ccc(NC(=O)[C@H](CCCNC(N)=O)NC(=O)[C@@H](NC(=O)CCCCSCC(NC(=O)CC[C@H](N)C(=O)O)C(=O)NCC(=O)O)C(C)C)cc2)C(O)C(C)O1. The molecule has 18 N–H and O–H groups in total. The van der Waals surface area contributed by atoms with Gasteiger partial charge in [-0.1, -0.05) is 38.1 Å². The van der Waals surface area contributed by atoms with Crippen molar-refractivity contribution in [3.05, 3.63) is 81.4 Å². The molecule has 10 atom stereocenters. The Balaban J connectivity index is 1.03. The summed E-state index contributed by atoms with van der Waals surface area (Å²) < 4.78 is 23.0. The van der Waals surface area contributed by atoms with Crippen LogP contribution in [0.25, 0.3) is 0 Å². The number of carbonyl (C=O) groups excluding carboxylic acids is 10. The topological polar surface area (TPSA) is 520 Å². The van der Waals surface area contributed by atoms with Gasteiger partial charge in [-0.25, -0.2) is 9.59 Å². The lowest BCUT2D eigenvalue weighted by Gasteiger charge is -2.42. The van der Waals surface area contributed by atoms with E-state index in [1.54, 1.807) is 13.8 Å². The third-order valence-corrected chi connectivity index (χ3v) is 17.0. The third kappa shape index (κ3) is 19.3. The first-order chi connectivity index (χ1) is 44.5. The van der Waals surface area contributed by atoms with Gasteiger partial charge in [-0.15, -0.1) is 0 Å². The van der Waals surface area contributed by atoms with Crippen LogP contribution in [0.3, 0.4) is 0 Å². The number of carboxylic acid groups (broad SMARTS) is 2. The van der Waals surface area contributed by atoms with Crippen LogP contribution in [0.1, 0.15) is 133 Å². The molecule has 2 aliphatic carbocycles. The number of primary amides is 1. The molecule has 3 aromatic carbocycles. The van der Waals surface area contributed by atoms with Gasteiger partial charge in [0.2, 0.25) is 35.3 Å². The maximum absolute atomic E-state index is 14.1. The van der Waals surface area contributed by atoms with Gasteiger partial charge < -0.3 is 103 Å². The molecule has 0 radical (unpaired) electrons. The van der Waals surface area contributed by atoms with Crippen molar-refractivity contribution in [3.8, 4) is 17.2 Å². The van der Waals surface area contributed by atoms with E-state index in [2.05, 4.69) is 37.2 Å². The molecular weight excluding hydrogens is 1260 g/mol. The molecule has 0 bridgehead atoms. The number of alkyl carbamates (subject to hydrolysis) is 1. The average Bonchev–Trinajstić information content (AvgIpc) is 0.713. The van der Waals surface area contributed by atoms with Crippen molar-refractivity contribution < 1.29 is 112 Å². The molecule has 1 heterocycles. The van der Waals surface area contributed by atoms with Crippen molar-refractivity contribution in [1.29, 1.82) is 0 Å². The summed E-state index contributed by atoms with van der Waals surface area (Å²) in [5.74, 6) is -10.4. The number of phenolic OH excluding ortho intramolecular Hbond substituents is 2. The Morgan fingerprint density at radius 3 is 2.16 bits per heavy atom. The second-order valence-electron chi connectivity index (χ2n) is 23.0. The van der Waals surface area contributed by atoms with Gasteiger partial charge in [-0.3, -0.25) is 47.9 Å². The second kappa shape index (κ2) is 33.7. The number of ketones is 3. The summed E-state index contributed by atoms with van der Waals surface area (Å²) >= 11 is 1.23. The molecule has 32 nitrogen and oxygen atoms in total. The van der Waals surface area contributed by atoms with Gasteiger partial charge in [0.05, 0.1) is 42.0 Å². The molecule has 3 aromatic rings. The largest absolute Gasteiger partial charge is 0.507 e. The number of rotatable bonds is 33. The monoisotopic (exact) mass is 1340 g/mol. The van der Waals surface area contributed by atoms with Crippen LogP contribution in [0.2, 0.25) is 0 Å². The number of phenols is 2. The maximum atomic E-state index is 14.1. The summed E-state index contributed by atoms with van der Waals surface area (Å²) in [6.07, 6.45) is -7.70. The van der Waals surface area contributed by atoms with E-state index in [0.29, 0.717) is 24.2 Å². The second-order valence-corrected chi connectivity index (χ2v) is 24.2. The molecule has 0 saturated carbocycles. The number of nitrogens with two attached hydrogens (primary N) is 2. The first-order valence-electron chi connectivity index (χ1n) is 30.0. The van der Waals surface area contributed by atoms with E-state index in [4.69, 9.17) is 40.6 Å². The van der Waals surface area contributed by atoms with Gasteiger partial charge in [0.25, 0.3) is 0 Å². The lowest BCUT2D eigenvalue weighted by Crippen LogP contribution is -2.56. The number of hydrogen-bond acceptors (Lipinski definition) is 23. The molecule has 1 saturated heterocycles. The van der Waals surface area contributed by atoms with Crippen molar-refractivity contribution in [3.63, 3.8) is 0 Å². The molecule has 8 amide bonds. The van der Waals surface area contributed by atoms with Gasteiger partial charge in [0, 0.05) is 66.8 Å². The van der Waals surface area contributed by atoms with Crippen molar-refractivity contribution in [2.24, 2.45) is 17.4 Å². The number of nitrogens with one attached hydrogen (secondary N) is 7. The van der Waals surface area contributed by atoms with Crippen molar-refractivity contribution in [2.75, 3.05) is 43.6 Å². The molecule has 3 aliphatic rings. The standard InChI is InChI=1S/C61H79N9O23S/c1-28(2)49(70-41(73)12-5-6-20-94-27-37(55(82)65-24-43(75)76)67-42(74)18-17-34(62)58(85)86)57(84)68-35(10-8-19-64-59(63)87)56(83)66-31-15-13-30(14-16-31)26-91-60(88)69-36-21-44(92-29(3)50(36)77)93-39-23-61(89,40(72)25-71)22-33-46(39)54(81)48-47(52(33)79)51(78)32-9-7-11-38(90-4)45(32)53(48)80/h7,9,11,13-16,28-29,34-37,39,44,49-50,71,77,79,81,89H,5-6,8,10,12,17-27,62H2,1-4H3,(H,65,82)(H,66,83)(H,67,74)(H,68,84)(H,69,88)(H,70,73)(H,75,76)(H,85,86)(H3,63,64,87)/t29?,34-,35-,36?,37?,39-,44?,49-,50?,61-/m0/s1. The number of carboxylic acids is 2. The number of amides is 8. The number of urea groups is 1. The van der Waals surface area contributed by atoms with Gasteiger partial charge >= 0.3 is 24.1 Å². The van der Waals surface area contributed by atoms with Crippen LogP contribution in [-0.2, 0) is 65.6 Å². The fourth-order valence-corrected chi connectivity index (χ4v) is 11.8. The van der Waals surface area contributed by atoms with E-state index < -0.39 is 186 Å². The van der Waals surface area contributed by atoms with E-state index in [9.17, 15) is 83.1 Å². The molecule has 0 spiro atoms. The number of aliphatic carboxylic acids is 2. The fraction of sp³-hybridized carbons (Fsp3) is 0.508. The van der Waals surface area contributed by atoms with Crippen LogP contribution in [0.15, 0.2) is 42.5 Å². The minimum atomic E-state index is -2.44. The Labute approximate surface area is 542 Å². The van der Waals surface area contributed by atoms with E-state index in [1.807, 2.05) is 0 Å². The first-order valence-corrected chi connectivity index (χ1v) is 31.2. The van der Waals surface area contributed by atoms with Gasteiger partial charge in [-0.2, -0.15) is 11.8 Å². The Hall–Kier alpha value is -8.99. The van der Waals surface area contributed by atoms with Crippen LogP contribution in [0.5, 0.6) is 17.2 Å². The lowest BCUT2D eigenvalue weighted by molar-refractivity contribution is -0.249. The molecule has 94 heavy (non-hydrogen) atoms. The number of benzene rings is 3. The molecular formula is C61H79N9O23S. The number of fused-ring (bicyclic) bond motifs is 3. The average molecular weight is 1340 g/mol. The highest BCUT2D eigenvalue weighted by Gasteiger charge is 2.51. The minimum Gasteiger partial charge on any atom is -0.507 e. The summed E-state index contributed by atoms with van der Waals surface area (Å²) in [5.41, 5.74) is 6.80. The number of hydrogen-bond donors (Lipinski definition) is 16. The summed E-state index contributed by atoms with van der Waals surface area (Å²) in [4.78, 5) is 154. The van der Waals surface area contributed by atoms with Gasteiger partial charge in [-0.05, 0) is 74.5 Å². The van der Waals surface area contributed by atoms with Crippen molar-refractivity contribution in [2.45, 2.75) is 152 Å². The Kier molecular flexibility index (Phi) is 26.6. The smallest absolute Gasteiger partial charge is 0.407 e. The van der Waals surface area contributed by atoms with Crippen LogP contribution >= 0.6 is 11.8 Å². The third-order valence-electron chi connectivity index (χ3n) is 15.8. The number of ether oxygens (including phenoxy) is 4. The Morgan fingerprint density at radius 2 is 1.51 bits per heavy atom. The van der Waals surface area contributed by atoms with Crippen LogP contribution in [0, 0.1) is 5.92 Å². The molecule has 33 heteroatoms. The number of methoxy groups -OCH3 is 1. The summed E-state index contributed by atoms with van der Waals surface area (Å²) in [6, 6.07) is 3.47. The molecule has 0 aromatic heterocycles. The van der Waals surface area contributed by atoms with Crippen LogP contribution < -0.4 is 53.4 Å². The first kappa shape index (κ1) is 74.1. The predicted molar refractivity (Wildman–Crippen MR) is 330 cm³/mol. The van der Waals surface area contributed by atoms with E-state index in [0.717, 1.165) is 0 Å². The lowest BCUT2D eigenvalue weighted by atomic mass is 9.72. The van der Waals surface area contributed by atoms with Crippen LogP contribution in [-0.4, -0.2) is 199 Å². The minimum absolute atomic E-state index is 0.00417. The Bertz CT molecular complexity index is 3350. The molecule has 5 unspecified atom stereocenters. The van der Waals surface area contributed by atoms with Crippen molar-refractivity contribution >= 4 is 88.4 Å². The van der Waals surface area contributed by atoms with Crippen LogP contribution in [0.4, 0.5) is 15.3 Å². The number of Topliss-reactive ketones (excluding diaryl/α,β-unsaturated/α-hetero) is 1. The van der Waals surface area contributed by atoms with E-state index in [-0.39, 0.29) is 91.1 Å². The molecule has 512 valence electrons. The van der Waals surface area contributed by atoms with Crippen molar-refractivity contribution in [1.82, 2.24) is 31.9 Å². The van der Waals surface area contributed by atoms with Gasteiger partial charge in [0.15, 0.2) is 17.9 Å². The van der Waals surface area contributed by atoms with Gasteiger partial charge in [0.1, 0.15) is 72.9 Å². The molecule has 6 rings (SSSR count). The Morgan fingerprint density at radius 1 is 0.819 bits per heavy atom. The summed E-state index contributed by atoms with van der Waals surface area (Å²) in [7, 11) is 1.27. The number of anilines is 1. The number of aliphatic hydroxyl groups excluding tert-OH is 2. The summed E-state index contributed by atoms with van der Waals surface area (Å²) in [6.45, 7) is 2.67. The highest BCUT2D eigenvalue weighted by molar-refractivity contribution is 7.99. The zero-order valence-corrected chi connectivity index (χ0v) is 52.7. The number of thioether (sulfide) groups is 1. The quantitative estimate of drug-likeness (QED) is 0.0216. The summed E-state index contributed by atoms with van der Waals surface area (Å²) in [5, 5.41) is 92.1. The maximum Gasteiger partial charge on any atom is 0.407 e. The van der Waals surface area contributed by atoms with E-state index in [1.165, 1.54) is 68.3 Å². The number of carbonyl (C=O) groups is 12. The zero-order valence-electron chi connectivity index (χ0n) is 51.9.